The molecule has 0 bridgehead atoms. The Bertz CT molecular complexity index is 542. The smallest absolute Gasteiger partial charge is 0.422 e. The zero-order valence-electron chi connectivity index (χ0n) is 8.46. The number of alkyl halides is 3. The Morgan fingerprint density at radius 2 is 1.94 bits per heavy atom. The molecule has 17 heavy (non-hydrogen) atoms. The molecule has 0 aliphatic rings. The predicted octanol–water partition coefficient (Wildman–Crippen LogP) is 3.94. The quantitative estimate of drug-likeness (QED) is 0.784. The van der Waals surface area contributed by atoms with Crippen molar-refractivity contribution in [3.8, 4) is 5.75 Å². The van der Waals surface area contributed by atoms with Crippen LogP contribution in [0.25, 0.3) is 10.9 Å². The van der Waals surface area contributed by atoms with E-state index in [0.717, 1.165) is 5.39 Å². The van der Waals surface area contributed by atoms with Gasteiger partial charge in [-0.1, -0.05) is 0 Å². The van der Waals surface area contributed by atoms with Crippen molar-refractivity contribution in [2.45, 2.75) is 6.18 Å². The van der Waals surface area contributed by atoms with Crippen molar-refractivity contribution < 1.29 is 17.9 Å². The van der Waals surface area contributed by atoms with Crippen molar-refractivity contribution in [1.29, 1.82) is 0 Å². The fourth-order valence-electron chi connectivity index (χ4n) is 1.33. The van der Waals surface area contributed by atoms with Gasteiger partial charge in [0.05, 0.1) is 5.52 Å². The van der Waals surface area contributed by atoms with Gasteiger partial charge in [-0.15, -0.1) is 0 Å². The molecule has 0 amide bonds. The predicted molar refractivity (Wildman–Crippen MR) is 61.0 cm³/mol. The van der Waals surface area contributed by atoms with Gasteiger partial charge in [-0.05, 0) is 46.3 Å². The molecule has 0 spiro atoms. The lowest BCUT2D eigenvalue weighted by molar-refractivity contribution is -0.153. The van der Waals surface area contributed by atoms with Gasteiger partial charge in [0.25, 0.3) is 0 Å². The lowest BCUT2D eigenvalue weighted by Gasteiger charge is -2.09. The number of pyridine rings is 1. The van der Waals surface area contributed by atoms with Crippen LogP contribution in [0.1, 0.15) is 0 Å². The van der Waals surface area contributed by atoms with E-state index in [1.165, 1.54) is 12.1 Å². The van der Waals surface area contributed by atoms with E-state index in [4.69, 9.17) is 0 Å². The second-order valence-electron chi connectivity index (χ2n) is 3.39. The molecule has 0 radical (unpaired) electrons. The highest BCUT2D eigenvalue weighted by Gasteiger charge is 2.28. The molecule has 0 unspecified atom stereocenters. The van der Waals surface area contributed by atoms with Crippen molar-refractivity contribution >= 4 is 26.8 Å². The molecular weight excluding hydrogens is 299 g/mol. The lowest BCUT2D eigenvalue weighted by Crippen LogP contribution is -2.19. The maximum Gasteiger partial charge on any atom is 0.422 e. The van der Waals surface area contributed by atoms with Crippen LogP contribution in [0.5, 0.6) is 5.75 Å². The van der Waals surface area contributed by atoms with Gasteiger partial charge in [-0.2, -0.15) is 13.2 Å². The van der Waals surface area contributed by atoms with Gasteiger partial charge in [0.2, 0.25) is 0 Å². The third-order valence-corrected chi connectivity index (χ3v) is 2.47. The van der Waals surface area contributed by atoms with E-state index >= 15 is 0 Å². The molecule has 0 fully saturated rings. The number of benzene rings is 1. The van der Waals surface area contributed by atoms with Crippen LogP contribution in [-0.2, 0) is 0 Å². The van der Waals surface area contributed by atoms with Gasteiger partial charge in [0.15, 0.2) is 6.61 Å². The highest BCUT2D eigenvalue weighted by molar-refractivity contribution is 9.10. The molecular formula is C11H7BrF3NO. The summed E-state index contributed by atoms with van der Waals surface area (Å²) in [7, 11) is 0. The Balaban J connectivity index is 2.23. The molecule has 0 atom stereocenters. The van der Waals surface area contributed by atoms with Crippen LogP contribution in [0.3, 0.4) is 0 Å². The molecule has 2 aromatic rings. The summed E-state index contributed by atoms with van der Waals surface area (Å²) in [5, 5.41) is 0.730. The standard InChI is InChI=1S/C11H7BrF3NO/c12-10-4-1-7-5-8(2-3-9(7)16-10)17-6-11(13,14)15/h1-5H,6H2. The van der Waals surface area contributed by atoms with Gasteiger partial charge in [-0.25, -0.2) is 4.98 Å². The lowest BCUT2D eigenvalue weighted by atomic mass is 10.2. The minimum atomic E-state index is -4.33. The topological polar surface area (TPSA) is 22.1 Å². The molecule has 90 valence electrons. The minimum absolute atomic E-state index is 0.180. The van der Waals surface area contributed by atoms with E-state index in [-0.39, 0.29) is 5.75 Å². The van der Waals surface area contributed by atoms with Gasteiger partial charge < -0.3 is 4.74 Å². The molecule has 0 saturated carbocycles. The number of ether oxygens (including phenoxy) is 1. The first-order valence-corrected chi connectivity index (χ1v) is 5.49. The fraction of sp³-hybridized carbons (Fsp3) is 0.182. The second kappa shape index (κ2) is 4.52. The normalized spacial score (nSPS) is 11.8. The summed E-state index contributed by atoms with van der Waals surface area (Å²) >= 11 is 3.22. The number of hydrogen-bond acceptors (Lipinski definition) is 2. The average molecular weight is 306 g/mol. The largest absolute Gasteiger partial charge is 0.484 e. The van der Waals surface area contributed by atoms with Crippen LogP contribution >= 0.6 is 15.9 Å². The molecule has 1 aromatic carbocycles. The van der Waals surface area contributed by atoms with E-state index in [1.54, 1.807) is 18.2 Å². The maximum atomic E-state index is 12.0. The van der Waals surface area contributed by atoms with Gasteiger partial charge >= 0.3 is 6.18 Å². The molecule has 6 heteroatoms. The molecule has 0 aliphatic carbocycles. The van der Waals surface area contributed by atoms with E-state index < -0.39 is 12.8 Å². The molecule has 1 aromatic heterocycles. The highest BCUT2D eigenvalue weighted by Crippen LogP contribution is 2.23. The van der Waals surface area contributed by atoms with Crippen molar-refractivity contribution in [3.05, 3.63) is 34.9 Å². The number of rotatable bonds is 2. The van der Waals surface area contributed by atoms with Crippen molar-refractivity contribution in [2.24, 2.45) is 0 Å². The van der Waals surface area contributed by atoms with E-state index in [1.807, 2.05) is 0 Å². The summed E-state index contributed by atoms with van der Waals surface area (Å²) in [6.07, 6.45) is -4.33. The Hall–Kier alpha value is -1.30. The molecule has 2 rings (SSSR count). The zero-order chi connectivity index (χ0) is 12.5. The first-order chi connectivity index (χ1) is 7.94. The number of hydrogen-bond donors (Lipinski definition) is 0. The second-order valence-corrected chi connectivity index (χ2v) is 4.20. The van der Waals surface area contributed by atoms with E-state index in [2.05, 4.69) is 25.7 Å². The minimum Gasteiger partial charge on any atom is -0.484 e. The van der Waals surface area contributed by atoms with Crippen molar-refractivity contribution in [1.82, 2.24) is 4.98 Å². The first kappa shape index (κ1) is 12.2. The SMILES string of the molecule is FC(F)(F)COc1ccc2nc(Br)ccc2c1. The Labute approximate surface area is 104 Å². The van der Waals surface area contributed by atoms with Crippen LogP contribution < -0.4 is 4.74 Å². The van der Waals surface area contributed by atoms with E-state index in [0.29, 0.717) is 10.1 Å². The molecule has 1 heterocycles. The summed E-state index contributed by atoms with van der Waals surface area (Å²) in [4.78, 5) is 4.16. The van der Waals surface area contributed by atoms with Crippen LogP contribution in [0, 0.1) is 0 Å². The Morgan fingerprint density at radius 1 is 1.18 bits per heavy atom. The summed E-state index contributed by atoms with van der Waals surface area (Å²) in [5.74, 6) is 0.180. The summed E-state index contributed by atoms with van der Waals surface area (Å²) < 4.78 is 41.2. The highest BCUT2D eigenvalue weighted by atomic mass is 79.9. The molecule has 0 saturated heterocycles. The van der Waals surface area contributed by atoms with Gasteiger partial charge in [0, 0.05) is 5.39 Å². The van der Waals surface area contributed by atoms with Crippen LogP contribution in [0.4, 0.5) is 13.2 Å². The Kier molecular flexibility index (Phi) is 3.24. The third-order valence-electron chi connectivity index (χ3n) is 2.03. The zero-order valence-corrected chi connectivity index (χ0v) is 10.0. The van der Waals surface area contributed by atoms with Gasteiger partial charge in [-0.3, -0.25) is 0 Å². The summed E-state index contributed by atoms with van der Waals surface area (Å²) in [6, 6.07) is 8.09. The molecule has 0 aliphatic heterocycles. The number of aromatic nitrogens is 1. The maximum absolute atomic E-state index is 12.0. The van der Waals surface area contributed by atoms with Crippen molar-refractivity contribution in [3.63, 3.8) is 0 Å². The number of nitrogens with zero attached hydrogens (tertiary/aromatic N) is 1. The van der Waals surface area contributed by atoms with Gasteiger partial charge in [0.1, 0.15) is 10.4 Å². The fourth-order valence-corrected chi connectivity index (χ4v) is 1.66. The average Bonchev–Trinajstić information content (AvgIpc) is 2.25. The summed E-state index contributed by atoms with van der Waals surface area (Å²) in [5.41, 5.74) is 0.693. The molecule has 2 nitrogen and oxygen atoms in total. The Morgan fingerprint density at radius 3 is 2.65 bits per heavy atom. The van der Waals surface area contributed by atoms with Crippen LogP contribution in [0.15, 0.2) is 34.9 Å². The summed E-state index contributed by atoms with van der Waals surface area (Å²) in [6.45, 7) is -1.29. The van der Waals surface area contributed by atoms with Crippen LogP contribution in [-0.4, -0.2) is 17.8 Å². The monoisotopic (exact) mass is 305 g/mol. The van der Waals surface area contributed by atoms with Crippen LogP contribution in [0.2, 0.25) is 0 Å². The number of halogens is 4. The third kappa shape index (κ3) is 3.33. The first-order valence-electron chi connectivity index (χ1n) is 4.70. The van der Waals surface area contributed by atoms with E-state index in [9.17, 15) is 13.2 Å². The van der Waals surface area contributed by atoms with Crippen molar-refractivity contribution in [2.75, 3.05) is 6.61 Å². The number of fused-ring (bicyclic) bond motifs is 1. The molecule has 0 N–H and O–H groups in total.